The van der Waals surface area contributed by atoms with Crippen molar-refractivity contribution in [2.24, 2.45) is 0 Å². The van der Waals surface area contributed by atoms with Gasteiger partial charge in [0, 0.05) is 5.70 Å². The number of dihydropyridines is 1. The molecule has 7 heteroatoms. The number of nitrogens with one attached hydrogen (secondary N) is 1. The Morgan fingerprint density at radius 2 is 1.58 bits per heavy atom. The van der Waals surface area contributed by atoms with Crippen LogP contribution in [0.15, 0.2) is 52.9 Å². The van der Waals surface area contributed by atoms with Crippen LogP contribution >= 0.6 is 0 Å². The Labute approximate surface area is 150 Å². The maximum Gasteiger partial charge on any atom is 0.336 e. The van der Waals surface area contributed by atoms with Crippen molar-refractivity contribution >= 4 is 11.9 Å². The average molecular weight is 365 g/mol. The molecule has 1 heterocycles. The topological polar surface area (TPSA) is 64.6 Å². The molecule has 0 aromatic heterocycles. The number of rotatable bonds is 6. The van der Waals surface area contributed by atoms with Crippen molar-refractivity contribution in [2.45, 2.75) is 33.1 Å². The molecule has 1 atom stereocenters. The van der Waals surface area contributed by atoms with Crippen molar-refractivity contribution in [3.8, 4) is 0 Å². The number of carbonyl (C=O) groups excluding carboxylic acids is 2. The minimum absolute atomic E-state index is 0.0256. The van der Waals surface area contributed by atoms with Gasteiger partial charge in [0.1, 0.15) is 0 Å². The van der Waals surface area contributed by atoms with Gasteiger partial charge >= 0.3 is 11.9 Å². The van der Waals surface area contributed by atoms with E-state index in [-0.39, 0.29) is 30.1 Å². The molecule has 5 nitrogen and oxygen atoms in total. The van der Waals surface area contributed by atoms with E-state index >= 15 is 0 Å². The molecule has 1 aliphatic rings. The Hall–Kier alpha value is -2.70. The van der Waals surface area contributed by atoms with Crippen LogP contribution in [0.1, 0.15) is 32.3 Å². The van der Waals surface area contributed by atoms with Crippen LogP contribution in [-0.2, 0) is 19.1 Å². The molecule has 0 fully saturated rings. The summed E-state index contributed by atoms with van der Waals surface area (Å²) in [4.78, 5) is 25.0. The van der Waals surface area contributed by atoms with Gasteiger partial charge in [-0.15, -0.1) is 0 Å². The summed E-state index contributed by atoms with van der Waals surface area (Å²) in [7, 11) is 0. The van der Waals surface area contributed by atoms with Gasteiger partial charge in [-0.3, -0.25) is 0 Å². The van der Waals surface area contributed by atoms with Gasteiger partial charge < -0.3 is 14.8 Å². The second-order valence-electron chi connectivity index (χ2n) is 5.58. The molecule has 1 aromatic rings. The summed E-state index contributed by atoms with van der Waals surface area (Å²) in [6, 6.07) is 8.52. The quantitative estimate of drug-likeness (QED) is 0.784. The lowest BCUT2D eigenvalue weighted by Crippen LogP contribution is -2.35. The van der Waals surface area contributed by atoms with E-state index in [1.54, 1.807) is 44.2 Å². The fourth-order valence-electron chi connectivity index (χ4n) is 2.92. The zero-order chi connectivity index (χ0) is 19.3. The Balaban J connectivity index is 2.70. The van der Waals surface area contributed by atoms with Crippen LogP contribution in [0.3, 0.4) is 0 Å². The molecule has 1 N–H and O–H groups in total. The van der Waals surface area contributed by atoms with Crippen molar-refractivity contribution in [3.05, 3.63) is 58.4 Å². The fraction of sp³-hybridized carbons (Fsp3) is 0.368. The standard InChI is InChI=1S/C19H21F2NO4/c1-4-25-18(23)13-11(3)22-16(17(20)21)15(19(24)26-5-2)14(13)12-9-7-6-8-10-12/h6-10,14,17,22H,4-5H2,1-3H3. The Bertz CT molecular complexity index is 741. The minimum Gasteiger partial charge on any atom is -0.463 e. The molecule has 26 heavy (non-hydrogen) atoms. The van der Waals surface area contributed by atoms with E-state index in [4.69, 9.17) is 9.47 Å². The maximum absolute atomic E-state index is 13.6. The van der Waals surface area contributed by atoms with E-state index in [2.05, 4.69) is 5.32 Å². The second-order valence-corrected chi connectivity index (χ2v) is 5.58. The number of ether oxygens (including phenoxy) is 2. The summed E-state index contributed by atoms with van der Waals surface area (Å²) in [5.41, 5.74) is 0.0355. The van der Waals surface area contributed by atoms with Crippen LogP contribution in [-0.4, -0.2) is 31.6 Å². The molecular formula is C19H21F2NO4. The molecule has 140 valence electrons. The molecule has 1 aromatic carbocycles. The minimum atomic E-state index is -2.93. The molecule has 0 amide bonds. The van der Waals surface area contributed by atoms with E-state index in [1.165, 1.54) is 6.92 Å². The lowest BCUT2D eigenvalue weighted by atomic mass is 9.80. The number of alkyl halides is 2. The Morgan fingerprint density at radius 1 is 1.04 bits per heavy atom. The van der Waals surface area contributed by atoms with E-state index in [0.717, 1.165) is 0 Å². The molecular weight excluding hydrogens is 344 g/mol. The maximum atomic E-state index is 13.6. The van der Waals surface area contributed by atoms with E-state index in [1.807, 2.05) is 0 Å². The summed E-state index contributed by atoms with van der Waals surface area (Å²) in [6.07, 6.45) is -2.93. The summed E-state index contributed by atoms with van der Waals surface area (Å²) >= 11 is 0. The molecule has 0 saturated heterocycles. The highest BCUT2D eigenvalue weighted by Crippen LogP contribution is 2.40. The summed E-state index contributed by atoms with van der Waals surface area (Å²) in [5, 5.41) is 2.50. The number of esters is 2. The van der Waals surface area contributed by atoms with Crippen molar-refractivity contribution < 1.29 is 27.8 Å². The van der Waals surface area contributed by atoms with Crippen LogP contribution < -0.4 is 5.32 Å². The first kappa shape index (κ1) is 19.6. The highest BCUT2D eigenvalue weighted by molar-refractivity contribution is 6.00. The van der Waals surface area contributed by atoms with Gasteiger partial charge in [0.05, 0.1) is 36.0 Å². The lowest BCUT2D eigenvalue weighted by Gasteiger charge is -2.31. The Kier molecular flexibility index (Phi) is 6.49. The first-order valence-corrected chi connectivity index (χ1v) is 8.31. The molecule has 1 unspecified atom stereocenters. The zero-order valence-corrected chi connectivity index (χ0v) is 14.8. The van der Waals surface area contributed by atoms with Crippen LogP contribution in [0.4, 0.5) is 8.78 Å². The third-order valence-electron chi connectivity index (χ3n) is 3.94. The molecule has 0 bridgehead atoms. The monoisotopic (exact) mass is 365 g/mol. The average Bonchev–Trinajstić information content (AvgIpc) is 2.61. The number of hydrogen-bond donors (Lipinski definition) is 1. The molecule has 1 aliphatic heterocycles. The van der Waals surface area contributed by atoms with Gasteiger partial charge in [-0.25, -0.2) is 18.4 Å². The van der Waals surface area contributed by atoms with Gasteiger partial charge in [-0.1, -0.05) is 30.3 Å². The van der Waals surface area contributed by atoms with Gasteiger partial charge in [-0.05, 0) is 26.3 Å². The molecule has 0 spiro atoms. The van der Waals surface area contributed by atoms with Crippen molar-refractivity contribution in [3.63, 3.8) is 0 Å². The van der Waals surface area contributed by atoms with Crippen molar-refractivity contribution in [2.75, 3.05) is 13.2 Å². The van der Waals surface area contributed by atoms with Gasteiger partial charge in [0.2, 0.25) is 0 Å². The third kappa shape index (κ3) is 3.92. The zero-order valence-electron chi connectivity index (χ0n) is 14.8. The molecule has 0 radical (unpaired) electrons. The van der Waals surface area contributed by atoms with Crippen LogP contribution in [0, 0.1) is 0 Å². The first-order valence-electron chi connectivity index (χ1n) is 8.31. The van der Waals surface area contributed by atoms with E-state index in [0.29, 0.717) is 5.56 Å². The SMILES string of the molecule is CCOC(=O)C1=C(C)NC(C(F)F)=C(C(=O)OCC)C1c1ccccc1. The number of benzene rings is 1. The van der Waals surface area contributed by atoms with Crippen LogP contribution in [0.5, 0.6) is 0 Å². The number of carbonyl (C=O) groups is 2. The van der Waals surface area contributed by atoms with Crippen molar-refractivity contribution in [1.29, 1.82) is 0 Å². The smallest absolute Gasteiger partial charge is 0.336 e. The van der Waals surface area contributed by atoms with Gasteiger partial charge in [0.25, 0.3) is 6.43 Å². The second kappa shape index (κ2) is 8.60. The lowest BCUT2D eigenvalue weighted by molar-refractivity contribution is -0.139. The van der Waals surface area contributed by atoms with Crippen LogP contribution in [0.2, 0.25) is 0 Å². The summed E-state index contributed by atoms with van der Waals surface area (Å²) in [5.74, 6) is -2.56. The number of hydrogen-bond acceptors (Lipinski definition) is 5. The predicted molar refractivity (Wildman–Crippen MR) is 91.3 cm³/mol. The van der Waals surface area contributed by atoms with Gasteiger partial charge in [0.15, 0.2) is 0 Å². The highest BCUT2D eigenvalue weighted by Gasteiger charge is 2.40. The summed E-state index contributed by atoms with van der Waals surface area (Å²) in [6.45, 7) is 4.89. The number of halogens is 2. The predicted octanol–water partition coefficient (Wildman–Crippen LogP) is 3.29. The normalized spacial score (nSPS) is 17.2. The first-order chi connectivity index (χ1) is 12.4. The summed E-state index contributed by atoms with van der Waals surface area (Å²) < 4.78 is 37.4. The number of allylic oxidation sites excluding steroid dienone is 2. The van der Waals surface area contributed by atoms with Crippen LogP contribution in [0.25, 0.3) is 0 Å². The van der Waals surface area contributed by atoms with Gasteiger partial charge in [-0.2, -0.15) is 0 Å². The Morgan fingerprint density at radius 3 is 2.08 bits per heavy atom. The van der Waals surface area contributed by atoms with E-state index < -0.39 is 30.0 Å². The highest BCUT2D eigenvalue weighted by atomic mass is 19.3. The molecule has 0 saturated carbocycles. The fourth-order valence-corrected chi connectivity index (χ4v) is 2.92. The molecule has 0 aliphatic carbocycles. The van der Waals surface area contributed by atoms with E-state index in [9.17, 15) is 18.4 Å². The largest absolute Gasteiger partial charge is 0.463 e. The third-order valence-corrected chi connectivity index (χ3v) is 3.94. The van der Waals surface area contributed by atoms with Crippen molar-refractivity contribution in [1.82, 2.24) is 5.32 Å². The molecule has 2 rings (SSSR count).